The molecule has 0 radical (unpaired) electrons. The van der Waals surface area contributed by atoms with Gasteiger partial charge in [-0.15, -0.1) is 0 Å². The number of methoxy groups -OCH3 is 1. The van der Waals surface area contributed by atoms with Gasteiger partial charge in [0.1, 0.15) is 10.6 Å². The van der Waals surface area contributed by atoms with Crippen LogP contribution in [0.1, 0.15) is 26.2 Å². The van der Waals surface area contributed by atoms with Crippen molar-refractivity contribution in [2.24, 2.45) is 5.14 Å². The third kappa shape index (κ3) is 4.19. The number of rotatable bonds is 7. The van der Waals surface area contributed by atoms with Crippen molar-refractivity contribution >= 4 is 15.7 Å². The van der Waals surface area contributed by atoms with Crippen LogP contribution in [0.2, 0.25) is 0 Å². The van der Waals surface area contributed by atoms with Crippen LogP contribution in [0.5, 0.6) is 5.75 Å². The van der Waals surface area contributed by atoms with Gasteiger partial charge in [0.25, 0.3) is 0 Å². The predicted octanol–water partition coefficient (Wildman–Crippen LogP) is 1.94. The number of hydrogen-bond acceptors (Lipinski definition) is 4. The number of nitrogens with two attached hydrogens (primary N) is 1. The Morgan fingerprint density at radius 3 is 2.61 bits per heavy atom. The summed E-state index contributed by atoms with van der Waals surface area (Å²) in [6.45, 7) is 2.94. The zero-order chi connectivity index (χ0) is 13.6. The van der Waals surface area contributed by atoms with E-state index in [1.807, 2.05) is 0 Å². The van der Waals surface area contributed by atoms with Gasteiger partial charge in [0, 0.05) is 12.2 Å². The van der Waals surface area contributed by atoms with Crippen LogP contribution in [-0.2, 0) is 10.0 Å². The Morgan fingerprint density at radius 2 is 2.06 bits per heavy atom. The molecule has 0 amide bonds. The minimum atomic E-state index is -3.77. The molecule has 0 heterocycles. The molecule has 5 nitrogen and oxygen atoms in total. The van der Waals surface area contributed by atoms with Gasteiger partial charge in [0.2, 0.25) is 10.0 Å². The van der Waals surface area contributed by atoms with E-state index < -0.39 is 10.0 Å². The van der Waals surface area contributed by atoms with E-state index in [1.54, 1.807) is 12.1 Å². The van der Waals surface area contributed by atoms with Crippen molar-refractivity contribution in [1.29, 1.82) is 0 Å². The summed E-state index contributed by atoms with van der Waals surface area (Å²) in [5.41, 5.74) is 0.732. The van der Waals surface area contributed by atoms with E-state index in [4.69, 9.17) is 9.88 Å². The number of unbranched alkanes of at least 4 members (excludes halogenated alkanes) is 2. The Kier molecular flexibility index (Phi) is 5.43. The van der Waals surface area contributed by atoms with Gasteiger partial charge in [0.15, 0.2) is 0 Å². The molecule has 102 valence electrons. The zero-order valence-corrected chi connectivity index (χ0v) is 11.6. The largest absolute Gasteiger partial charge is 0.495 e. The minimum absolute atomic E-state index is 0.00508. The maximum atomic E-state index is 11.4. The quantitative estimate of drug-likeness (QED) is 0.743. The van der Waals surface area contributed by atoms with Gasteiger partial charge in [-0.3, -0.25) is 0 Å². The first-order valence-electron chi connectivity index (χ1n) is 5.93. The Hall–Kier alpha value is -1.27. The smallest absolute Gasteiger partial charge is 0.241 e. The average molecular weight is 272 g/mol. The lowest BCUT2D eigenvalue weighted by atomic mass is 10.2. The van der Waals surface area contributed by atoms with Crippen LogP contribution in [0, 0.1) is 0 Å². The highest BCUT2D eigenvalue weighted by atomic mass is 32.2. The lowest BCUT2D eigenvalue weighted by molar-refractivity contribution is 0.403. The number of benzene rings is 1. The van der Waals surface area contributed by atoms with Gasteiger partial charge in [-0.25, -0.2) is 13.6 Å². The molecule has 18 heavy (non-hydrogen) atoms. The monoisotopic (exact) mass is 272 g/mol. The molecule has 0 aliphatic rings. The van der Waals surface area contributed by atoms with Crippen molar-refractivity contribution in [3.63, 3.8) is 0 Å². The molecule has 0 bridgehead atoms. The summed E-state index contributed by atoms with van der Waals surface area (Å²) >= 11 is 0. The number of primary sulfonamides is 1. The Labute approximate surface area is 108 Å². The fraction of sp³-hybridized carbons (Fsp3) is 0.500. The zero-order valence-electron chi connectivity index (χ0n) is 10.8. The second-order valence-corrected chi connectivity index (χ2v) is 5.57. The lowest BCUT2D eigenvalue weighted by Crippen LogP contribution is -2.14. The predicted molar refractivity (Wildman–Crippen MR) is 72.4 cm³/mol. The van der Waals surface area contributed by atoms with Crippen molar-refractivity contribution in [2.45, 2.75) is 31.1 Å². The second kappa shape index (κ2) is 6.61. The summed E-state index contributed by atoms with van der Waals surface area (Å²) in [6.07, 6.45) is 3.34. The summed E-state index contributed by atoms with van der Waals surface area (Å²) < 4.78 is 27.8. The number of sulfonamides is 1. The van der Waals surface area contributed by atoms with Crippen molar-refractivity contribution < 1.29 is 13.2 Å². The maximum absolute atomic E-state index is 11.4. The molecule has 0 fully saturated rings. The topological polar surface area (TPSA) is 81.4 Å². The summed E-state index contributed by atoms with van der Waals surface area (Å²) in [4.78, 5) is 0.00508. The average Bonchev–Trinajstić information content (AvgIpc) is 2.33. The summed E-state index contributed by atoms with van der Waals surface area (Å²) in [5, 5.41) is 8.31. The first-order valence-corrected chi connectivity index (χ1v) is 7.48. The molecule has 0 saturated heterocycles. The SMILES string of the molecule is CCCCCNc1ccc(OC)c(S(N)(=O)=O)c1. The summed E-state index contributed by atoms with van der Waals surface area (Å²) in [5.74, 6) is 0.261. The first-order chi connectivity index (χ1) is 8.49. The van der Waals surface area contributed by atoms with Crippen LogP contribution in [0.25, 0.3) is 0 Å². The minimum Gasteiger partial charge on any atom is -0.495 e. The van der Waals surface area contributed by atoms with Crippen molar-refractivity contribution in [3.05, 3.63) is 18.2 Å². The molecule has 0 unspecified atom stereocenters. The fourth-order valence-corrected chi connectivity index (χ4v) is 2.34. The van der Waals surface area contributed by atoms with E-state index in [1.165, 1.54) is 13.2 Å². The van der Waals surface area contributed by atoms with Gasteiger partial charge < -0.3 is 10.1 Å². The van der Waals surface area contributed by atoms with Gasteiger partial charge >= 0.3 is 0 Å². The highest BCUT2D eigenvalue weighted by Gasteiger charge is 2.15. The molecule has 1 aromatic rings. The molecular weight excluding hydrogens is 252 g/mol. The second-order valence-electron chi connectivity index (χ2n) is 4.04. The number of ether oxygens (including phenoxy) is 1. The highest BCUT2D eigenvalue weighted by Crippen LogP contribution is 2.25. The van der Waals surface area contributed by atoms with Gasteiger partial charge in [0.05, 0.1) is 7.11 Å². The Morgan fingerprint density at radius 1 is 1.33 bits per heavy atom. The van der Waals surface area contributed by atoms with Gasteiger partial charge in [-0.2, -0.15) is 0 Å². The number of nitrogens with one attached hydrogen (secondary N) is 1. The summed E-state index contributed by atoms with van der Waals surface area (Å²) in [7, 11) is -2.35. The lowest BCUT2D eigenvalue weighted by Gasteiger charge is -2.10. The van der Waals surface area contributed by atoms with Crippen molar-refractivity contribution in [1.82, 2.24) is 0 Å². The van der Waals surface area contributed by atoms with Crippen LogP contribution in [-0.4, -0.2) is 22.1 Å². The molecule has 0 saturated carbocycles. The van der Waals surface area contributed by atoms with Crippen LogP contribution >= 0.6 is 0 Å². The van der Waals surface area contributed by atoms with Crippen LogP contribution in [0.15, 0.2) is 23.1 Å². The van der Waals surface area contributed by atoms with E-state index in [-0.39, 0.29) is 10.6 Å². The molecular formula is C12H20N2O3S. The third-order valence-electron chi connectivity index (χ3n) is 2.58. The molecule has 0 atom stereocenters. The molecule has 6 heteroatoms. The number of anilines is 1. The third-order valence-corrected chi connectivity index (χ3v) is 3.51. The summed E-state index contributed by atoms with van der Waals surface area (Å²) in [6, 6.07) is 4.88. The standard InChI is InChI=1S/C12H20N2O3S/c1-3-4-5-8-14-10-6-7-11(17-2)12(9-10)18(13,15)16/h6-7,9,14H,3-5,8H2,1-2H3,(H2,13,15,16). The van der Waals surface area contributed by atoms with Crippen molar-refractivity contribution in [3.8, 4) is 5.75 Å². The molecule has 3 N–H and O–H groups in total. The Balaban J connectivity index is 2.84. The normalized spacial score (nSPS) is 11.3. The number of hydrogen-bond donors (Lipinski definition) is 2. The molecule has 1 aromatic carbocycles. The van der Waals surface area contributed by atoms with Crippen LogP contribution < -0.4 is 15.2 Å². The molecule has 0 aliphatic heterocycles. The fourth-order valence-electron chi connectivity index (χ4n) is 1.62. The van der Waals surface area contributed by atoms with E-state index in [2.05, 4.69) is 12.2 Å². The van der Waals surface area contributed by atoms with E-state index in [0.29, 0.717) is 0 Å². The van der Waals surface area contributed by atoms with E-state index >= 15 is 0 Å². The first kappa shape index (κ1) is 14.8. The maximum Gasteiger partial charge on any atom is 0.241 e. The van der Waals surface area contributed by atoms with E-state index in [0.717, 1.165) is 31.5 Å². The van der Waals surface area contributed by atoms with Crippen molar-refractivity contribution in [2.75, 3.05) is 19.0 Å². The van der Waals surface area contributed by atoms with Crippen LogP contribution in [0.4, 0.5) is 5.69 Å². The highest BCUT2D eigenvalue weighted by molar-refractivity contribution is 7.89. The molecule has 1 rings (SSSR count). The Bertz CT molecular complexity index is 486. The molecule has 0 aromatic heterocycles. The van der Waals surface area contributed by atoms with E-state index in [9.17, 15) is 8.42 Å². The molecule has 0 spiro atoms. The molecule has 0 aliphatic carbocycles. The van der Waals surface area contributed by atoms with Gasteiger partial charge in [-0.05, 0) is 24.6 Å². The van der Waals surface area contributed by atoms with Gasteiger partial charge in [-0.1, -0.05) is 19.8 Å². The van der Waals surface area contributed by atoms with Crippen LogP contribution in [0.3, 0.4) is 0 Å².